The van der Waals surface area contributed by atoms with Crippen LogP contribution in [0.3, 0.4) is 0 Å². The normalized spacial score (nSPS) is 11.1. The third-order valence-corrected chi connectivity index (χ3v) is 3.50. The summed E-state index contributed by atoms with van der Waals surface area (Å²) >= 11 is 5.90. The Morgan fingerprint density at radius 2 is 1.88 bits per heavy atom. The number of aromatic nitrogens is 5. The van der Waals surface area contributed by atoms with E-state index in [1.807, 2.05) is 0 Å². The number of imidazole rings is 1. The first-order valence-corrected chi connectivity index (χ1v) is 7.24. The molecule has 9 heteroatoms. The van der Waals surface area contributed by atoms with Crippen LogP contribution >= 0.6 is 11.6 Å². The van der Waals surface area contributed by atoms with Crippen LogP contribution in [-0.2, 0) is 0 Å². The summed E-state index contributed by atoms with van der Waals surface area (Å²) in [4.78, 5) is 12.4. The highest BCUT2D eigenvalue weighted by Crippen LogP contribution is 2.19. The molecule has 0 aliphatic carbocycles. The van der Waals surface area contributed by atoms with Crippen molar-refractivity contribution in [2.45, 2.75) is 0 Å². The SMILES string of the molecule is Fc1cc(F)cc(-n2cnc(Nc3nc(Cl)nc4cccn34)c2)c1. The van der Waals surface area contributed by atoms with E-state index in [9.17, 15) is 8.78 Å². The molecule has 3 aromatic heterocycles. The minimum Gasteiger partial charge on any atom is -0.309 e. The van der Waals surface area contributed by atoms with Crippen LogP contribution in [0.2, 0.25) is 5.28 Å². The van der Waals surface area contributed by atoms with Crippen molar-refractivity contribution in [1.29, 1.82) is 0 Å². The molecule has 0 bridgehead atoms. The lowest BCUT2D eigenvalue weighted by Crippen LogP contribution is -2.03. The molecule has 24 heavy (non-hydrogen) atoms. The van der Waals surface area contributed by atoms with Crippen molar-refractivity contribution in [3.63, 3.8) is 0 Å². The Balaban J connectivity index is 1.69. The second-order valence-corrected chi connectivity index (χ2v) is 5.31. The largest absolute Gasteiger partial charge is 0.309 e. The van der Waals surface area contributed by atoms with Crippen LogP contribution in [-0.4, -0.2) is 23.9 Å². The molecular weight excluding hydrogens is 338 g/mol. The minimum atomic E-state index is -0.662. The third kappa shape index (κ3) is 2.67. The van der Waals surface area contributed by atoms with Crippen molar-refractivity contribution in [1.82, 2.24) is 23.9 Å². The van der Waals surface area contributed by atoms with Gasteiger partial charge in [-0.2, -0.15) is 9.97 Å². The number of hydrogen-bond donors (Lipinski definition) is 1. The van der Waals surface area contributed by atoms with E-state index in [0.717, 1.165) is 6.07 Å². The zero-order valence-corrected chi connectivity index (χ0v) is 12.7. The third-order valence-electron chi connectivity index (χ3n) is 3.33. The Bertz CT molecular complexity index is 1020. The molecule has 0 spiro atoms. The van der Waals surface area contributed by atoms with Crippen LogP contribution in [0.25, 0.3) is 11.3 Å². The van der Waals surface area contributed by atoms with E-state index in [0.29, 0.717) is 23.1 Å². The van der Waals surface area contributed by atoms with Gasteiger partial charge in [-0.15, -0.1) is 0 Å². The first kappa shape index (κ1) is 14.6. The molecule has 0 aliphatic heterocycles. The highest BCUT2D eigenvalue weighted by Gasteiger charge is 2.09. The maximum Gasteiger partial charge on any atom is 0.227 e. The molecule has 3 heterocycles. The van der Waals surface area contributed by atoms with Gasteiger partial charge in [0.15, 0.2) is 5.82 Å². The molecule has 0 fully saturated rings. The van der Waals surface area contributed by atoms with E-state index >= 15 is 0 Å². The molecule has 120 valence electrons. The minimum absolute atomic E-state index is 0.0929. The summed E-state index contributed by atoms with van der Waals surface area (Å²) in [5.74, 6) is -0.468. The van der Waals surface area contributed by atoms with E-state index in [2.05, 4.69) is 20.3 Å². The second kappa shape index (κ2) is 5.57. The molecule has 1 N–H and O–H groups in total. The average Bonchev–Trinajstić information content (AvgIpc) is 3.15. The molecule has 0 radical (unpaired) electrons. The summed E-state index contributed by atoms with van der Waals surface area (Å²) in [7, 11) is 0. The van der Waals surface area contributed by atoms with E-state index in [1.165, 1.54) is 23.0 Å². The molecule has 6 nitrogen and oxygen atoms in total. The van der Waals surface area contributed by atoms with Gasteiger partial charge in [-0.1, -0.05) is 0 Å². The number of halogens is 3. The van der Waals surface area contributed by atoms with E-state index in [1.54, 1.807) is 28.9 Å². The van der Waals surface area contributed by atoms with E-state index < -0.39 is 11.6 Å². The van der Waals surface area contributed by atoms with Gasteiger partial charge in [0.2, 0.25) is 11.2 Å². The summed E-state index contributed by atoms with van der Waals surface area (Å²) in [5, 5.41) is 3.09. The zero-order chi connectivity index (χ0) is 16.7. The molecule has 0 amide bonds. The summed E-state index contributed by atoms with van der Waals surface area (Å²) in [5.41, 5.74) is 0.948. The fraction of sp³-hybridized carbons (Fsp3) is 0. The van der Waals surface area contributed by atoms with Crippen LogP contribution in [0.1, 0.15) is 0 Å². The Hall–Kier alpha value is -3.00. The van der Waals surface area contributed by atoms with Crippen molar-refractivity contribution >= 4 is 29.0 Å². The van der Waals surface area contributed by atoms with Gasteiger partial charge in [0.1, 0.15) is 23.6 Å². The number of anilines is 2. The zero-order valence-electron chi connectivity index (χ0n) is 12.0. The number of hydrogen-bond acceptors (Lipinski definition) is 4. The number of nitrogens with one attached hydrogen (secondary N) is 1. The smallest absolute Gasteiger partial charge is 0.227 e. The van der Waals surface area contributed by atoms with Crippen molar-refractivity contribution in [2.24, 2.45) is 0 Å². The Labute approximate surface area is 139 Å². The van der Waals surface area contributed by atoms with Crippen LogP contribution < -0.4 is 5.32 Å². The number of fused-ring (bicyclic) bond motifs is 1. The molecule has 0 saturated heterocycles. The topological polar surface area (TPSA) is 60.0 Å². The summed E-state index contributed by atoms with van der Waals surface area (Å²) < 4.78 is 29.8. The molecule has 0 atom stereocenters. The summed E-state index contributed by atoms with van der Waals surface area (Å²) in [6.07, 6.45) is 4.79. The predicted octanol–water partition coefficient (Wildman–Crippen LogP) is 3.59. The fourth-order valence-electron chi connectivity index (χ4n) is 2.32. The van der Waals surface area contributed by atoms with Gasteiger partial charge >= 0.3 is 0 Å². The molecule has 0 unspecified atom stereocenters. The van der Waals surface area contributed by atoms with Crippen molar-refractivity contribution in [3.05, 3.63) is 66.0 Å². The predicted molar refractivity (Wildman–Crippen MR) is 84.8 cm³/mol. The van der Waals surface area contributed by atoms with Gasteiger partial charge in [0.05, 0.1) is 11.9 Å². The quantitative estimate of drug-likeness (QED) is 0.616. The van der Waals surface area contributed by atoms with Gasteiger partial charge < -0.3 is 9.88 Å². The lowest BCUT2D eigenvalue weighted by atomic mass is 10.3. The lowest BCUT2D eigenvalue weighted by molar-refractivity contribution is 0.581. The monoisotopic (exact) mass is 346 g/mol. The lowest BCUT2D eigenvalue weighted by Gasteiger charge is -2.06. The van der Waals surface area contributed by atoms with Gasteiger partial charge in [-0.25, -0.2) is 13.8 Å². The maximum absolute atomic E-state index is 13.3. The molecular formula is C15H9ClF2N6. The van der Waals surface area contributed by atoms with Crippen LogP contribution in [0.4, 0.5) is 20.5 Å². The van der Waals surface area contributed by atoms with E-state index in [4.69, 9.17) is 11.6 Å². The maximum atomic E-state index is 13.3. The van der Waals surface area contributed by atoms with Crippen molar-refractivity contribution in [2.75, 3.05) is 5.32 Å². The first-order chi connectivity index (χ1) is 11.6. The molecule has 4 aromatic rings. The number of rotatable bonds is 3. The van der Waals surface area contributed by atoms with Gasteiger partial charge in [0.25, 0.3) is 0 Å². The van der Waals surface area contributed by atoms with Gasteiger partial charge in [-0.05, 0) is 35.9 Å². The Morgan fingerprint density at radius 1 is 1.08 bits per heavy atom. The summed E-state index contributed by atoms with van der Waals surface area (Å²) in [6, 6.07) is 6.82. The Morgan fingerprint density at radius 3 is 2.67 bits per heavy atom. The first-order valence-electron chi connectivity index (χ1n) is 6.86. The fourth-order valence-corrected chi connectivity index (χ4v) is 2.49. The number of benzene rings is 1. The van der Waals surface area contributed by atoms with Crippen molar-refractivity contribution < 1.29 is 8.78 Å². The average molecular weight is 347 g/mol. The highest BCUT2D eigenvalue weighted by molar-refractivity contribution is 6.28. The van der Waals surface area contributed by atoms with E-state index in [-0.39, 0.29) is 5.28 Å². The summed E-state index contributed by atoms with van der Waals surface area (Å²) in [6.45, 7) is 0. The highest BCUT2D eigenvalue weighted by atomic mass is 35.5. The van der Waals surface area contributed by atoms with Crippen LogP contribution in [0.5, 0.6) is 0 Å². The molecule has 4 rings (SSSR count). The molecule has 0 aliphatic rings. The van der Waals surface area contributed by atoms with Crippen LogP contribution in [0.15, 0.2) is 49.1 Å². The van der Waals surface area contributed by atoms with Gasteiger partial charge in [-0.3, -0.25) is 4.40 Å². The second-order valence-electron chi connectivity index (χ2n) is 4.97. The number of nitrogens with zero attached hydrogens (tertiary/aromatic N) is 5. The molecule has 0 saturated carbocycles. The van der Waals surface area contributed by atoms with Crippen LogP contribution in [0, 0.1) is 11.6 Å². The Kier molecular flexibility index (Phi) is 3.39. The molecule has 1 aromatic carbocycles. The standard InChI is InChI=1S/C15H9ClF2N6/c16-14-21-13-2-1-3-24(13)15(22-14)20-12-7-23(8-19-12)11-5-9(17)4-10(18)6-11/h1-8H,(H,20,21,22). The van der Waals surface area contributed by atoms with Gasteiger partial charge in [0, 0.05) is 12.3 Å². The van der Waals surface area contributed by atoms with Crippen molar-refractivity contribution in [3.8, 4) is 5.69 Å².